The van der Waals surface area contributed by atoms with Crippen LogP contribution in [-0.2, 0) is 0 Å². The molecule has 1 aliphatic rings. The summed E-state index contributed by atoms with van der Waals surface area (Å²) in [5.74, 6) is 0.692. The average Bonchev–Trinajstić information content (AvgIpc) is 3.02. The van der Waals surface area contributed by atoms with Gasteiger partial charge in [-0.15, -0.1) is 0 Å². The van der Waals surface area contributed by atoms with E-state index >= 15 is 0 Å². The van der Waals surface area contributed by atoms with Crippen LogP contribution >= 0.6 is 0 Å². The molecule has 0 radical (unpaired) electrons. The summed E-state index contributed by atoms with van der Waals surface area (Å²) >= 11 is 0. The van der Waals surface area contributed by atoms with Gasteiger partial charge in [0.05, 0.1) is 0 Å². The highest BCUT2D eigenvalue weighted by molar-refractivity contribution is 5.74. The van der Waals surface area contributed by atoms with E-state index < -0.39 is 0 Å². The molecule has 19 heavy (non-hydrogen) atoms. The Bertz CT molecular complexity index is 516. The molecular formula is C15H21N3O. The van der Waals surface area contributed by atoms with Gasteiger partial charge in [0, 0.05) is 19.1 Å². The Morgan fingerprint density at radius 2 is 2.26 bits per heavy atom. The van der Waals surface area contributed by atoms with E-state index in [0.29, 0.717) is 18.0 Å². The molecule has 3 rings (SSSR count). The van der Waals surface area contributed by atoms with Crippen LogP contribution in [-0.4, -0.2) is 35.6 Å². The molecule has 4 heteroatoms. The highest BCUT2D eigenvalue weighted by Crippen LogP contribution is 2.21. The third-order valence-corrected chi connectivity index (χ3v) is 3.88. The highest BCUT2D eigenvalue weighted by Gasteiger charge is 2.24. The van der Waals surface area contributed by atoms with E-state index in [2.05, 4.69) is 29.0 Å². The Kier molecular flexibility index (Phi) is 3.42. The molecule has 0 spiro atoms. The number of oxazole rings is 1. The fraction of sp³-hybridized carbons (Fsp3) is 0.533. The van der Waals surface area contributed by atoms with Crippen LogP contribution in [0, 0.1) is 5.92 Å². The van der Waals surface area contributed by atoms with Gasteiger partial charge in [-0.25, -0.2) is 0 Å². The second kappa shape index (κ2) is 5.21. The van der Waals surface area contributed by atoms with E-state index in [-0.39, 0.29) is 0 Å². The number of hydrogen-bond donors (Lipinski definition) is 1. The fourth-order valence-corrected chi connectivity index (χ4v) is 2.68. The van der Waals surface area contributed by atoms with E-state index in [1.807, 2.05) is 24.3 Å². The molecule has 102 valence electrons. The van der Waals surface area contributed by atoms with Gasteiger partial charge in [0.2, 0.25) is 0 Å². The number of nitrogens with one attached hydrogen (secondary N) is 1. The maximum absolute atomic E-state index is 5.67. The van der Waals surface area contributed by atoms with Crippen LogP contribution < -0.4 is 5.32 Å². The summed E-state index contributed by atoms with van der Waals surface area (Å²) in [6, 6.07) is 9.16. The molecule has 2 heterocycles. The number of benzene rings is 1. The van der Waals surface area contributed by atoms with Crippen LogP contribution in [0.15, 0.2) is 28.7 Å². The number of likely N-dealkylation sites (tertiary alicyclic amines) is 1. The van der Waals surface area contributed by atoms with Crippen LogP contribution in [0.5, 0.6) is 0 Å². The zero-order valence-corrected chi connectivity index (χ0v) is 11.6. The first-order valence-corrected chi connectivity index (χ1v) is 7.06. The number of rotatable bonds is 4. The highest BCUT2D eigenvalue weighted by atomic mass is 16.4. The maximum atomic E-state index is 5.67. The van der Waals surface area contributed by atoms with E-state index in [9.17, 15) is 0 Å². The van der Waals surface area contributed by atoms with Crippen molar-refractivity contribution < 1.29 is 4.42 Å². The third-order valence-electron chi connectivity index (χ3n) is 3.88. The number of hydrogen-bond acceptors (Lipinski definition) is 4. The van der Waals surface area contributed by atoms with Crippen molar-refractivity contribution in [3.8, 4) is 0 Å². The lowest BCUT2D eigenvalue weighted by Crippen LogP contribution is -2.29. The number of nitrogens with zero attached hydrogens (tertiary/aromatic N) is 2. The zero-order chi connectivity index (χ0) is 13.2. The van der Waals surface area contributed by atoms with E-state index in [4.69, 9.17) is 4.42 Å². The first-order valence-electron chi connectivity index (χ1n) is 7.06. The minimum Gasteiger partial charge on any atom is -0.424 e. The summed E-state index contributed by atoms with van der Waals surface area (Å²) in [5, 5.41) is 3.33. The molecular weight excluding hydrogens is 238 g/mol. The second-order valence-corrected chi connectivity index (χ2v) is 5.61. The van der Waals surface area contributed by atoms with Gasteiger partial charge >= 0.3 is 0 Å². The van der Waals surface area contributed by atoms with Gasteiger partial charge in [-0.3, -0.25) is 0 Å². The molecule has 1 aliphatic heterocycles. The van der Waals surface area contributed by atoms with Crippen molar-refractivity contribution >= 4 is 17.1 Å². The van der Waals surface area contributed by atoms with Crippen molar-refractivity contribution in [2.75, 3.05) is 25.0 Å². The van der Waals surface area contributed by atoms with Crippen molar-refractivity contribution in [1.29, 1.82) is 0 Å². The van der Waals surface area contributed by atoms with E-state index in [0.717, 1.165) is 17.6 Å². The van der Waals surface area contributed by atoms with Crippen molar-refractivity contribution in [3.05, 3.63) is 24.3 Å². The predicted octanol–water partition coefficient (Wildman–Crippen LogP) is 2.97. The molecule has 1 atom stereocenters. The summed E-state index contributed by atoms with van der Waals surface area (Å²) in [4.78, 5) is 6.96. The standard InChI is InChI=1S/C15H21N3O/c1-11(2)18-8-7-12(10-18)9-16-15-17-13-5-3-4-6-14(13)19-15/h3-6,11-12H,7-10H2,1-2H3,(H,16,17). The van der Waals surface area contributed by atoms with Crippen LogP contribution in [0.1, 0.15) is 20.3 Å². The second-order valence-electron chi connectivity index (χ2n) is 5.61. The normalized spacial score (nSPS) is 20.5. The Morgan fingerprint density at radius 1 is 1.42 bits per heavy atom. The van der Waals surface area contributed by atoms with Crippen LogP contribution in [0.25, 0.3) is 11.1 Å². The molecule has 1 unspecified atom stereocenters. The summed E-state index contributed by atoms with van der Waals surface area (Å²) in [7, 11) is 0. The first-order chi connectivity index (χ1) is 9.22. The Morgan fingerprint density at radius 3 is 3.00 bits per heavy atom. The fourth-order valence-electron chi connectivity index (χ4n) is 2.68. The van der Waals surface area contributed by atoms with E-state index in [1.54, 1.807) is 0 Å². The molecule has 2 aromatic rings. The molecule has 1 saturated heterocycles. The zero-order valence-electron chi connectivity index (χ0n) is 11.6. The summed E-state index contributed by atoms with van der Waals surface area (Å²) < 4.78 is 5.67. The quantitative estimate of drug-likeness (QED) is 0.916. The van der Waals surface area contributed by atoms with Crippen molar-refractivity contribution in [2.45, 2.75) is 26.3 Å². The lowest BCUT2D eigenvalue weighted by atomic mass is 10.1. The van der Waals surface area contributed by atoms with E-state index in [1.165, 1.54) is 19.5 Å². The Balaban J connectivity index is 1.58. The van der Waals surface area contributed by atoms with Gasteiger partial charge in [-0.2, -0.15) is 4.98 Å². The minimum atomic E-state index is 0.643. The molecule has 0 aliphatic carbocycles. The van der Waals surface area contributed by atoms with Crippen molar-refractivity contribution in [3.63, 3.8) is 0 Å². The smallest absolute Gasteiger partial charge is 0.295 e. The molecule has 0 bridgehead atoms. The molecule has 1 N–H and O–H groups in total. The average molecular weight is 259 g/mol. The Labute approximate surface area is 113 Å². The third kappa shape index (κ3) is 2.73. The SMILES string of the molecule is CC(C)N1CCC(CNc2nc3ccccc3o2)C1. The van der Waals surface area contributed by atoms with Crippen LogP contribution in [0.3, 0.4) is 0 Å². The monoisotopic (exact) mass is 259 g/mol. The molecule has 1 aromatic carbocycles. The maximum Gasteiger partial charge on any atom is 0.295 e. The van der Waals surface area contributed by atoms with Crippen LogP contribution in [0.2, 0.25) is 0 Å². The topological polar surface area (TPSA) is 41.3 Å². The molecule has 0 amide bonds. The lowest BCUT2D eigenvalue weighted by Gasteiger charge is -2.20. The lowest BCUT2D eigenvalue weighted by molar-refractivity contribution is 0.266. The number of anilines is 1. The summed E-state index contributed by atoms with van der Waals surface area (Å²) in [6.45, 7) is 7.84. The predicted molar refractivity (Wildman–Crippen MR) is 77.3 cm³/mol. The molecule has 4 nitrogen and oxygen atoms in total. The minimum absolute atomic E-state index is 0.643. The molecule has 1 fully saturated rings. The first kappa shape index (κ1) is 12.5. The van der Waals surface area contributed by atoms with Gasteiger partial charge in [0.1, 0.15) is 5.52 Å². The van der Waals surface area contributed by atoms with Crippen LogP contribution in [0.4, 0.5) is 6.01 Å². The van der Waals surface area contributed by atoms with Gasteiger partial charge in [0.15, 0.2) is 5.58 Å². The number of aromatic nitrogens is 1. The number of fused-ring (bicyclic) bond motifs is 1. The van der Waals surface area contributed by atoms with Gasteiger partial charge < -0.3 is 14.6 Å². The summed E-state index contributed by atoms with van der Waals surface area (Å²) in [5.41, 5.74) is 1.76. The Hall–Kier alpha value is -1.55. The van der Waals surface area contributed by atoms with Gasteiger partial charge in [0.25, 0.3) is 6.01 Å². The summed E-state index contributed by atoms with van der Waals surface area (Å²) in [6.07, 6.45) is 1.26. The number of para-hydroxylation sites is 2. The van der Waals surface area contributed by atoms with Gasteiger partial charge in [-0.1, -0.05) is 12.1 Å². The van der Waals surface area contributed by atoms with Crippen molar-refractivity contribution in [1.82, 2.24) is 9.88 Å². The molecule has 0 saturated carbocycles. The van der Waals surface area contributed by atoms with Gasteiger partial charge in [-0.05, 0) is 44.9 Å². The largest absolute Gasteiger partial charge is 0.424 e. The van der Waals surface area contributed by atoms with Crippen molar-refractivity contribution in [2.24, 2.45) is 5.92 Å². The molecule has 1 aromatic heterocycles.